The van der Waals surface area contributed by atoms with Crippen molar-refractivity contribution in [3.8, 4) is 0 Å². The van der Waals surface area contributed by atoms with Crippen molar-refractivity contribution in [3.63, 3.8) is 0 Å². The van der Waals surface area contributed by atoms with Gasteiger partial charge in [0, 0.05) is 37.5 Å². The minimum absolute atomic E-state index is 0.0540. The third kappa shape index (κ3) is 8.15. The van der Waals surface area contributed by atoms with Gasteiger partial charge in [-0.05, 0) is 60.5 Å². The van der Waals surface area contributed by atoms with E-state index in [9.17, 15) is 24.6 Å². The van der Waals surface area contributed by atoms with Gasteiger partial charge >= 0.3 is 17.9 Å². The summed E-state index contributed by atoms with van der Waals surface area (Å²) < 4.78 is 22.4. The van der Waals surface area contributed by atoms with Gasteiger partial charge in [0.25, 0.3) is 0 Å². The van der Waals surface area contributed by atoms with E-state index < -0.39 is 64.8 Å². The number of aliphatic hydroxyl groups excluding tert-OH is 1. The molecule has 0 heterocycles. The average molecular weight is 559 g/mol. The monoisotopic (exact) mass is 558 g/mol. The van der Waals surface area contributed by atoms with Crippen molar-refractivity contribution < 1.29 is 43.5 Å². The van der Waals surface area contributed by atoms with E-state index >= 15 is 0 Å². The first-order valence-electron chi connectivity index (χ1n) is 12.6. The molecule has 0 aromatic heterocycles. The minimum Gasteiger partial charge on any atom is -0.455 e. The van der Waals surface area contributed by atoms with Crippen molar-refractivity contribution >= 4 is 29.5 Å². The van der Waals surface area contributed by atoms with Crippen LogP contribution in [0, 0.1) is 5.92 Å². The van der Waals surface area contributed by atoms with E-state index in [1.54, 1.807) is 53.7 Å². The van der Waals surface area contributed by atoms with Crippen molar-refractivity contribution in [3.05, 3.63) is 35.5 Å². The van der Waals surface area contributed by atoms with Gasteiger partial charge in [-0.25, -0.2) is 9.59 Å². The molecule has 0 saturated heterocycles. The summed E-state index contributed by atoms with van der Waals surface area (Å²) in [6, 6.07) is 0. The average Bonchev–Trinajstić information content (AvgIpc) is 2.85. The molecule has 0 amide bonds. The van der Waals surface area contributed by atoms with E-state index in [-0.39, 0.29) is 18.4 Å². The Morgan fingerprint density at radius 2 is 1.63 bits per heavy atom. The molecule has 38 heavy (non-hydrogen) atoms. The highest BCUT2D eigenvalue weighted by Crippen LogP contribution is 2.44. The van der Waals surface area contributed by atoms with Crippen molar-refractivity contribution in [2.45, 2.75) is 109 Å². The Bertz CT molecular complexity index is 950. The fraction of sp³-hybridized carbons (Fsp3) is 0.679. The van der Waals surface area contributed by atoms with Crippen LogP contribution in [0.5, 0.6) is 0 Å². The molecule has 0 bridgehead atoms. The van der Waals surface area contributed by atoms with Crippen molar-refractivity contribution in [1.29, 1.82) is 0 Å². The number of alkyl halides is 1. The standard InChI is InChI=1S/C28H43ClO9/c1-11-15(3)25(32)37-20(14-22(31)27(7,8)35-10)17(5)19-13-21(29)28(9,34)24(36-18(6)30)23(19)38-26(33)16(4)12-2/h11-12,19-24,31,34H,5,13-14H2,1-4,6-10H3/b15-11-,16-12-/t19-,20+,21+,22-,23+,24+,28-/m0/s1. The molecule has 1 fully saturated rings. The van der Waals surface area contributed by atoms with Gasteiger partial charge in [0.2, 0.25) is 0 Å². The fourth-order valence-electron chi connectivity index (χ4n) is 4.00. The van der Waals surface area contributed by atoms with Crippen LogP contribution in [0.25, 0.3) is 0 Å². The molecule has 10 heteroatoms. The molecule has 0 radical (unpaired) electrons. The molecule has 2 N–H and O–H groups in total. The predicted octanol–water partition coefficient (Wildman–Crippen LogP) is 3.78. The van der Waals surface area contributed by atoms with Crippen LogP contribution in [-0.2, 0) is 33.3 Å². The number of aliphatic hydroxyl groups is 2. The second-order valence-electron chi connectivity index (χ2n) is 10.4. The zero-order valence-electron chi connectivity index (χ0n) is 23.9. The molecule has 216 valence electrons. The Kier molecular flexibility index (Phi) is 12.2. The van der Waals surface area contributed by atoms with Gasteiger partial charge in [-0.15, -0.1) is 11.6 Å². The smallest absolute Gasteiger partial charge is 0.333 e. The molecule has 0 spiro atoms. The Morgan fingerprint density at radius 1 is 1.11 bits per heavy atom. The Morgan fingerprint density at radius 3 is 2.11 bits per heavy atom. The van der Waals surface area contributed by atoms with Crippen LogP contribution in [0.4, 0.5) is 0 Å². The maximum atomic E-state index is 12.8. The van der Waals surface area contributed by atoms with Crippen LogP contribution in [0.1, 0.15) is 68.2 Å². The highest BCUT2D eigenvalue weighted by molar-refractivity contribution is 6.21. The maximum Gasteiger partial charge on any atom is 0.333 e. The number of rotatable bonds is 11. The molecular formula is C28H43ClO9. The van der Waals surface area contributed by atoms with Crippen LogP contribution >= 0.6 is 11.6 Å². The molecule has 1 aliphatic carbocycles. The molecule has 0 aliphatic heterocycles. The van der Waals surface area contributed by atoms with E-state index in [1.807, 2.05) is 0 Å². The van der Waals surface area contributed by atoms with Crippen molar-refractivity contribution in [2.24, 2.45) is 5.92 Å². The van der Waals surface area contributed by atoms with Crippen LogP contribution in [-0.4, -0.2) is 76.2 Å². The highest BCUT2D eigenvalue weighted by Gasteiger charge is 2.56. The van der Waals surface area contributed by atoms with Crippen LogP contribution in [0.2, 0.25) is 0 Å². The van der Waals surface area contributed by atoms with Gasteiger partial charge in [-0.2, -0.15) is 0 Å². The van der Waals surface area contributed by atoms with Gasteiger partial charge in [0.05, 0.1) is 17.1 Å². The van der Waals surface area contributed by atoms with Gasteiger partial charge < -0.3 is 29.2 Å². The maximum absolute atomic E-state index is 12.8. The summed E-state index contributed by atoms with van der Waals surface area (Å²) in [6.07, 6.45) is -1.58. The Labute approximate surface area is 230 Å². The van der Waals surface area contributed by atoms with Gasteiger partial charge in [-0.1, -0.05) is 18.7 Å². The summed E-state index contributed by atoms with van der Waals surface area (Å²) in [5, 5.41) is 21.2. The number of methoxy groups -OCH3 is 1. The van der Waals surface area contributed by atoms with Gasteiger partial charge in [-0.3, -0.25) is 4.79 Å². The van der Waals surface area contributed by atoms with Crippen LogP contribution in [0.3, 0.4) is 0 Å². The lowest BCUT2D eigenvalue weighted by Gasteiger charge is -2.48. The number of esters is 3. The molecule has 9 nitrogen and oxygen atoms in total. The van der Waals surface area contributed by atoms with Crippen LogP contribution < -0.4 is 0 Å². The summed E-state index contributed by atoms with van der Waals surface area (Å²) in [5.41, 5.74) is -1.82. The lowest BCUT2D eigenvalue weighted by atomic mass is 9.70. The summed E-state index contributed by atoms with van der Waals surface area (Å²) >= 11 is 6.58. The number of carbonyl (C=O) groups is 3. The molecule has 0 aromatic rings. The Balaban J connectivity index is 3.62. The predicted molar refractivity (Wildman–Crippen MR) is 143 cm³/mol. The minimum atomic E-state index is -1.76. The molecule has 1 rings (SSSR count). The highest BCUT2D eigenvalue weighted by atomic mass is 35.5. The summed E-state index contributed by atoms with van der Waals surface area (Å²) in [6.45, 7) is 16.6. The summed E-state index contributed by atoms with van der Waals surface area (Å²) in [4.78, 5) is 37.6. The SMILES string of the molecule is C=C([C@@H](C[C@H](O)C(C)(C)OC)OC(=O)/C(C)=C\C)[C@@H]1C[C@@H](Cl)[C@](C)(O)[C@H](OC(C)=O)[C@@H]1OC(=O)/C(C)=C\C. The largest absolute Gasteiger partial charge is 0.455 e. The third-order valence-electron chi connectivity index (χ3n) is 7.32. The summed E-state index contributed by atoms with van der Waals surface area (Å²) in [5.74, 6) is -2.83. The van der Waals surface area contributed by atoms with E-state index in [4.69, 9.17) is 30.5 Å². The third-order valence-corrected chi connectivity index (χ3v) is 7.94. The molecule has 1 aliphatic rings. The van der Waals surface area contributed by atoms with Gasteiger partial charge in [0.15, 0.2) is 6.10 Å². The zero-order valence-corrected chi connectivity index (χ0v) is 24.6. The second kappa shape index (κ2) is 13.7. The number of hydrogen-bond donors (Lipinski definition) is 2. The number of halogens is 1. The van der Waals surface area contributed by atoms with E-state index in [1.165, 1.54) is 21.0 Å². The zero-order chi connectivity index (χ0) is 29.6. The normalized spacial score (nSPS) is 28.2. The quantitative estimate of drug-likeness (QED) is 0.128. The lowest BCUT2D eigenvalue weighted by molar-refractivity contribution is -0.203. The van der Waals surface area contributed by atoms with Crippen molar-refractivity contribution in [1.82, 2.24) is 0 Å². The molecule has 1 saturated carbocycles. The second-order valence-corrected chi connectivity index (χ2v) is 10.9. The molecular weight excluding hydrogens is 516 g/mol. The topological polar surface area (TPSA) is 129 Å². The lowest BCUT2D eigenvalue weighted by Crippen LogP contribution is -2.63. The van der Waals surface area contributed by atoms with Gasteiger partial charge in [0.1, 0.15) is 17.8 Å². The summed E-state index contributed by atoms with van der Waals surface area (Å²) in [7, 11) is 1.45. The first-order valence-corrected chi connectivity index (χ1v) is 13.0. The molecule has 7 atom stereocenters. The van der Waals surface area contributed by atoms with Crippen molar-refractivity contribution in [2.75, 3.05) is 7.11 Å². The molecule has 0 unspecified atom stereocenters. The fourth-order valence-corrected chi connectivity index (χ4v) is 4.32. The number of allylic oxidation sites excluding steroid dienone is 2. The number of ether oxygens (including phenoxy) is 4. The van der Waals surface area contributed by atoms with Crippen LogP contribution in [0.15, 0.2) is 35.5 Å². The first kappa shape index (κ1) is 33.8. The van der Waals surface area contributed by atoms with E-state index in [0.717, 1.165) is 0 Å². The number of hydrogen-bond acceptors (Lipinski definition) is 9. The van der Waals surface area contributed by atoms with E-state index in [0.29, 0.717) is 11.1 Å². The van der Waals surface area contributed by atoms with E-state index in [2.05, 4.69) is 6.58 Å². The Hall–Kier alpha value is -2.20. The first-order chi connectivity index (χ1) is 17.4. The molecule has 0 aromatic carbocycles. The number of carbonyl (C=O) groups excluding carboxylic acids is 3.